The first-order chi connectivity index (χ1) is 11.8. The molecule has 4 heteroatoms. The smallest absolute Gasteiger partial charge is 0.113 e. The maximum atomic E-state index is 4.18. The minimum absolute atomic E-state index is 0.937. The van der Waals surface area contributed by atoms with Gasteiger partial charge in [-0.2, -0.15) is 15.4 Å². The molecule has 1 N–H and O–H groups in total. The fraction of sp³-hybridized carbons (Fsp3) is 0.400. The van der Waals surface area contributed by atoms with Crippen LogP contribution in [0.4, 0.5) is 0 Å². The van der Waals surface area contributed by atoms with E-state index in [0.29, 0.717) is 0 Å². The summed E-state index contributed by atoms with van der Waals surface area (Å²) in [7, 11) is 0. The zero-order valence-corrected chi connectivity index (χ0v) is 14.4. The van der Waals surface area contributed by atoms with Gasteiger partial charge in [0.2, 0.25) is 0 Å². The minimum Gasteiger partial charge on any atom is -0.303 e. The van der Waals surface area contributed by atoms with E-state index in [1.807, 2.05) is 6.07 Å². The number of aromatic amines is 1. The SMILES string of the molecule is CCCN(CCCc1ccccc1)CCc1ccc2n[nH]nc2c1. The van der Waals surface area contributed by atoms with Crippen molar-refractivity contribution in [3.63, 3.8) is 0 Å². The van der Waals surface area contributed by atoms with E-state index in [-0.39, 0.29) is 0 Å². The van der Waals surface area contributed by atoms with Crippen molar-refractivity contribution in [1.29, 1.82) is 0 Å². The molecule has 3 rings (SSSR count). The van der Waals surface area contributed by atoms with Crippen LogP contribution in [0.2, 0.25) is 0 Å². The Morgan fingerprint density at radius 1 is 0.833 bits per heavy atom. The lowest BCUT2D eigenvalue weighted by atomic mass is 10.1. The molecule has 1 heterocycles. The maximum absolute atomic E-state index is 4.18. The number of nitrogens with zero attached hydrogens (tertiary/aromatic N) is 3. The summed E-state index contributed by atoms with van der Waals surface area (Å²) in [6.07, 6.45) is 4.64. The van der Waals surface area contributed by atoms with Gasteiger partial charge in [0.25, 0.3) is 0 Å². The molecule has 1 aromatic heterocycles. The van der Waals surface area contributed by atoms with Crippen molar-refractivity contribution in [1.82, 2.24) is 20.3 Å². The second-order valence-corrected chi connectivity index (χ2v) is 6.33. The molecule has 126 valence electrons. The number of benzene rings is 2. The summed E-state index contributed by atoms with van der Waals surface area (Å²) >= 11 is 0. The van der Waals surface area contributed by atoms with Crippen LogP contribution in [0.5, 0.6) is 0 Å². The third-order valence-corrected chi connectivity index (χ3v) is 4.42. The van der Waals surface area contributed by atoms with E-state index in [2.05, 4.69) is 69.7 Å². The second kappa shape index (κ2) is 8.60. The van der Waals surface area contributed by atoms with Gasteiger partial charge in [-0.3, -0.25) is 0 Å². The van der Waals surface area contributed by atoms with E-state index < -0.39 is 0 Å². The first kappa shape index (κ1) is 16.7. The molecule has 0 aliphatic heterocycles. The fourth-order valence-corrected chi connectivity index (χ4v) is 3.13. The quantitative estimate of drug-likeness (QED) is 0.651. The Bertz CT molecular complexity index is 735. The van der Waals surface area contributed by atoms with E-state index in [0.717, 1.165) is 37.0 Å². The molecule has 0 bridgehead atoms. The highest BCUT2D eigenvalue weighted by Crippen LogP contribution is 2.12. The highest BCUT2D eigenvalue weighted by molar-refractivity contribution is 5.74. The number of fused-ring (bicyclic) bond motifs is 1. The van der Waals surface area contributed by atoms with Gasteiger partial charge in [0.1, 0.15) is 11.0 Å². The molecule has 0 unspecified atom stereocenters. The monoisotopic (exact) mass is 322 g/mol. The summed E-state index contributed by atoms with van der Waals surface area (Å²) < 4.78 is 0. The van der Waals surface area contributed by atoms with Crippen LogP contribution in [0.15, 0.2) is 48.5 Å². The summed E-state index contributed by atoms with van der Waals surface area (Å²) in [4.78, 5) is 2.58. The van der Waals surface area contributed by atoms with Crippen LogP contribution in [-0.4, -0.2) is 39.9 Å². The largest absolute Gasteiger partial charge is 0.303 e. The lowest BCUT2D eigenvalue weighted by Gasteiger charge is -2.21. The molecule has 2 aromatic carbocycles. The molecule has 0 aliphatic carbocycles. The van der Waals surface area contributed by atoms with E-state index in [9.17, 15) is 0 Å². The Balaban J connectivity index is 1.49. The van der Waals surface area contributed by atoms with Crippen LogP contribution in [0.3, 0.4) is 0 Å². The summed E-state index contributed by atoms with van der Waals surface area (Å²) in [5, 5.41) is 11.0. The third-order valence-electron chi connectivity index (χ3n) is 4.42. The zero-order valence-electron chi connectivity index (χ0n) is 14.4. The Morgan fingerprint density at radius 3 is 2.50 bits per heavy atom. The van der Waals surface area contributed by atoms with Crippen LogP contribution in [0.1, 0.15) is 30.9 Å². The number of H-pyrrole nitrogens is 1. The van der Waals surface area contributed by atoms with E-state index in [1.54, 1.807) is 0 Å². The molecular weight excluding hydrogens is 296 g/mol. The van der Waals surface area contributed by atoms with Gasteiger partial charge >= 0.3 is 0 Å². The Morgan fingerprint density at radius 2 is 1.67 bits per heavy atom. The van der Waals surface area contributed by atoms with Crippen molar-refractivity contribution in [3.05, 3.63) is 59.7 Å². The summed E-state index contributed by atoms with van der Waals surface area (Å²) in [5.41, 5.74) is 4.66. The van der Waals surface area contributed by atoms with Gasteiger partial charge < -0.3 is 4.90 Å². The topological polar surface area (TPSA) is 44.8 Å². The van der Waals surface area contributed by atoms with E-state index in [1.165, 1.54) is 30.5 Å². The number of nitrogens with one attached hydrogen (secondary N) is 1. The molecule has 0 amide bonds. The van der Waals surface area contributed by atoms with Crippen LogP contribution >= 0.6 is 0 Å². The molecule has 3 aromatic rings. The highest BCUT2D eigenvalue weighted by atomic mass is 15.3. The third kappa shape index (κ3) is 4.65. The number of rotatable bonds is 9. The molecule has 0 saturated heterocycles. The van der Waals surface area contributed by atoms with Crippen molar-refractivity contribution in [3.8, 4) is 0 Å². The lowest BCUT2D eigenvalue weighted by Crippen LogP contribution is -2.28. The van der Waals surface area contributed by atoms with E-state index in [4.69, 9.17) is 0 Å². The molecule has 0 radical (unpaired) electrons. The Kier molecular flexibility index (Phi) is 5.96. The van der Waals surface area contributed by atoms with Gasteiger partial charge in [-0.15, -0.1) is 0 Å². The lowest BCUT2D eigenvalue weighted by molar-refractivity contribution is 0.274. The van der Waals surface area contributed by atoms with Gasteiger partial charge in [0.15, 0.2) is 0 Å². The number of aryl methyl sites for hydroxylation is 1. The summed E-state index contributed by atoms with van der Waals surface area (Å²) in [6, 6.07) is 17.1. The van der Waals surface area contributed by atoms with E-state index >= 15 is 0 Å². The van der Waals surface area contributed by atoms with Gasteiger partial charge in [-0.05, 0) is 62.0 Å². The Labute approximate surface area is 143 Å². The van der Waals surface area contributed by atoms with Crippen molar-refractivity contribution >= 4 is 11.0 Å². The fourth-order valence-electron chi connectivity index (χ4n) is 3.13. The average Bonchev–Trinajstić information content (AvgIpc) is 3.08. The van der Waals surface area contributed by atoms with Crippen molar-refractivity contribution in [2.75, 3.05) is 19.6 Å². The van der Waals surface area contributed by atoms with Crippen LogP contribution in [-0.2, 0) is 12.8 Å². The minimum atomic E-state index is 0.937. The number of aromatic nitrogens is 3. The second-order valence-electron chi connectivity index (χ2n) is 6.33. The zero-order chi connectivity index (χ0) is 16.6. The van der Waals surface area contributed by atoms with Crippen LogP contribution < -0.4 is 0 Å². The summed E-state index contributed by atoms with van der Waals surface area (Å²) in [6.45, 7) is 5.69. The first-order valence-corrected chi connectivity index (χ1v) is 8.91. The standard InChI is InChI=1S/C20H26N4/c1-2-13-24(14-6-9-17-7-4-3-5-8-17)15-12-18-10-11-19-20(16-18)22-23-21-19/h3-5,7-8,10-11,16H,2,6,9,12-15H2,1H3,(H,21,22,23). The molecule has 24 heavy (non-hydrogen) atoms. The van der Waals surface area contributed by atoms with Crippen molar-refractivity contribution in [2.24, 2.45) is 0 Å². The molecular formula is C20H26N4. The number of hydrogen-bond donors (Lipinski definition) is 1. The van der Waals surface area contributed by atoms with Gasteiger partial charge in [0.05, 0.1) is 0 Å². The van der Waals surface area contributed by atoms with Gasteiger partial charge in [-0.1, -0.05) is 43.3 Å². The molecule has 0 saturated carbocycles. The van der Waals surface area contributed by atoms with Gasteiger partial charge in [-0.25, -0.2) is 0 Å². The summed E-state index contributed by atoms with van der Waals surface area (Å²) in [5.74, 6) is 0. The Hall–Kier alpha value is -2.20. The normalized spacial score (nSPS) is 11.4. The molecule has 0 spiro atoms. The van der Waals surface area contributed by atoms with Crippen molar-refractivity contribution < 1.29 is 0 Å². The van der Waals surface area contributed by atoms with Crippen molar-refractivity contribution in [2.45, 2.75) is 32.6 Å². The molecule has 0 fully saturated rings. The molecule has 0 atom stereocenters. The molecule has 0 aliphatic rings. The first-order valence-electron chi connectivity index (χ1n) is 8.91. The predicted octanol–water partition coefficient (Wildman–Crippen LogP) is 3.85. The predicted molar refractivity (Wildman–Crippen MR) is 99.1 cm³/mol. The highest BCUT2D eigenvalue weighted by Gasteiger charge is 2.06. The van der Waals surface area contributed by atoms with Crippen LogP contribution in [0.25, 0.3) is 11.0 Å². The maximum Gasteiger partial charge on any atom is 0.113 e. The number of hydrogen-bond acceptors (Lipinski definition) is 3. The van der Waals surface area contributed by atoms with Gasteiger partial charge in [0, 0.05) is 6.54 Å². The van der Waals surface area contributed by atoms with Crippen LogP contribution in [0, 0.1) is 0 Å². The molecule has 4 nitrogen and oxygen atoms in total. The average molecular weight is 322 g/mol.